The van der Waals surface area contributed by atoms with Crippen LogP contribution in [0.3, 0.4) is 0 Å². The first kappa shape index (κ1) is 22.5. The van der Waals surface area contributed by atoms with E-state index in [0.717, 1.165) is 16.7 Å². The highest BCUT2D eigenvalue weighted by atomic mass is 35.5. The van der Waals surface area contributed by atoms with Gasteiger partial charge >= 0.3 is 0 Å². The zero-order valence-electron chi connectivity index (χ0n) is 16.9. The van der Waals surface area contributed by atoms with E-state index >= 15 is 0 Å². The minimum Gasteiger partial charge on any atom is -0.324 e. The van der Waals surface area contributed by atoms with Crippen molar-refractivity contribution in [2.45, 2.75) is 19.8 Å². The van der Waals surface area contributed by atoms with Crippen molar-refractivity contribution in [2.75, 3.05) is 5.32 Å². The molecule has 0 radical (unpaired) electrons. The van der Waals surface area contributed by atoms with Crippen LogP contribution in [0.15, 0.2) is 77.9 Å². The SMILES string of the molecule is CC(CC(=O)Nc1ccc(Cl)cc1Cl)=NNC(=O)Cc1ccc(-c2ccccc2)cc1. The molecule has 0 aliphatic rings. The predicted molar refractivity (Wildman–Crippen MR) is 127 cm³/mol. The zero-order chi connectivity index (χ0) is 22.2. The van der Waals surface area contributed by atoms with Gasteiger partial charge in [-0.1, -0.05) is 77.8 Å². The van der Waals surface area contributed by atoms with Gasteiger partial charge in [-0.15, -0.1) is 0 Å². The van der Waals surface area contributed by atoms with E-state index in [1.165, 1.54) is 0 Å². The number of rotatable bonds is 7. The van der Waals surface area contributed by atoms with Crippen LogP contribution in [0.2, 0.25) is 10.0 Å². The summed E-state index contributed by atoms with van der Waals surface area (Å²) in [5, 5.41) is 7.53. The van der Waals surface area contributed by atoms with Crippen molar-refractivity contribution in [1.82, 2.24) is 5.43 Å². The maximum absolute atomic E-state index is 12.2. The third kappa shape index (κ3) is 6.95. The van der Waals surface area contributed by atoms with E-state index in [-0.39, 0.29) is 24.7 Å². The zero-order valence-corrected chi connectivity index (χ0v) is 18.4. The van der Waals surface area contributed by atoms with Crippen LogP contribution in [0.25, 0.3) is 11.1 Å². The van der Waals surface area contributed by atoms with Gasteiger partial charge in [0.15, 0.2) is 0 Å². The monoisotopic (exact) mass is 453 g/mol. The largest absolute Gasteiger partial charge is 0.324 e. The first-order valence-electron chi connectivity index (χ1n) is 9.62. The fraction of sp³-hybridized carbons (Fsp3) is 0.125. The highest BCUT2D eigenvalue weighted by molar-refractivity contribution is 6.36. The molecule has 0 atom stereocenters. The Labute approximate surface area is 191 Å². The Morgan fingerprint density at radius 3 is 2.23 bits per heavy atom. The molecule has 31 heavy (non-hydrogen) atoms. The summed E-state index contributed by atoms with van der Waals surface area (Å²) in [5.74, 6) is -0.552. The number of benzene rings is 3. The highest BCUT2D eigenvalue weighted by Crippen LogP contribution is 2.25. The van der Waals surface area contributed by atoms with Crippen LogP contribution in [0.1, 0.15) is 18.9 Å². The lowest BCUT2D eigenvalue weighted by Crippen LogP contribution is -2.22. The molecular weight excluding hydrogens is 433 g/mol. The van der Waals surface area contributed by atoms with Gasteiger partial charge in [-0.25, -0.2) is 5.43 Å². The number of hydrazone groups is 1. The van der Waals surface area contributed by atoms with Crippen LogP contribution in [0.5, 0.6) is 0 Å². The Bertz CT molecular complexity index is 1100. The molecule has 0 unspecified atom stereocenters. The number of anilines is 1. The van der Waals surface area contributed by atoms with Crippen molar-refractivity contribution < 1.29 is 9.59 Å². The number of carbonyl (C=O) groups is 2. The second-order valence-corrected chi connectivity index (χ2v) is 7.81. The second-order valence-electron chi connectivity index (χ2n) is 6.97. The molecule has 2 amide bonds. The van der Waals surface area contributed by atoms with Crippen LogP contribution < -0.4 is 10.7 Å². The van der Waals surface area contributed by atoms with Crippen LogP contribution in [0.4, 0.5) is 5.69 Å². The Hall–Kier alpha value is -3.15. The lowest BCUT2D eigenvalue weighted by molar-refractivity contribution is -0.120. The van der Waals surface area contributed by atoms with Crippen LogP contribution >= 0.6 is 23.2 Å². The summed E-state index contributed by atoms with van der Waals surface area (Å²) in [6, 6.07) is 22.6. The number of halogens is 2. The first-order chi connectivity index (χ1) is 14.9. The Balaban J connectivity index is 1.49. The van der Waals surface area contributed by atoms with E-state index in [4.69, 9.17) is 23.2 Å². The molecule has 158 valence electrons. The normalized spacial score (nSPS) is 11.1. The number of carbonyl (C=O) groups excluding carboxylic acids is 2. The number of hydrogen-bond donors (Lipinski definition) is 2. The summed E-state index contributed by atoms with van der Waals surface area (Å²) in [5.41, 5.74) is 6.51. The van der Waals surface area contributed by atoms with E-state index in [0.29, 0.717) is 21.4 Å². The van der Waals surface area contributed by atoms with E-state index < -0.39 is 0 Å². The number of hydrogen-bond acceptors (Lipinski definition) is 3. The lowest BCUT2D eigenvalue weighted by Gasteiger charge is -2.08. The summed E-state index contributed by atoms with van der Waals surface area (Å²) in [6.45, 7) is 1.66. The quantitative estimate of drug-likeness (QED) is 0.354. The van der Waals surface area contributed by atoms with Crippen molar-refractivity contribution in [3.05, 3.63) is 88.4 Å². The molecule has 0 aliphatic carbocycles. The van der Waals surface area contributed by atoms with E-state index in [9.17, 15) is 9.59 Å². The average Bonchev–Trinajstić information content (AvgIpc) is 2.75. The molecule has 0 saturated carbocycles. The van der Waals surface area contributed by atoms with Crippen molar-refractivity contribution in [1.29, 1.82) is 0 Å². The molecular formula is C24H21Cl2N3O2. The average molecular weight is 454 g/mol. The molecule has 3 rings (SSSR count). The van der Waals surface area contributed by atoms with Gasteiger partial charge in [0.05, 0.1) is 23.6 Å². The topological polar surface area (TPSA) is 70.6 Å². The standard InChI is InChI=1S/C24H21Cl2N3O2/c1-16(13-23(30)27-22-12-11-20(25)15-21(22)26)28-29-24(31)14-17-7-9-19(10-8-17)18-5-3-2-4-6-18/h2-12,15H,13-14H2,1H3,(H,27,30)(H,29,31). The summed E-state index contributed by atoms with van der Waals surface area (Å²) in [4.78, 5) is 24.3. The molecule has 0 aliphatic heterocycles. The molecule has 0 fully saturated rings. The van der Waals surface area contributed by atoms with Gasteiger partial charge in [-0.3, -0.25) is 9.59 Å². The molecule has 3 aromatic rings. The summed E-state index contributed by atoms with van der Waals surface area (Å²) < 4.78 is 0. The second kappa shape index (κ2) is 10.8. The summed E-state index contributed by atoms with van der Waals surface area (Å²) in [7, 11) is 0. The van der Waals surface area contributed by atoms with Crippen molar-refractivity contribution in [2.24, 2.45) is 5.10 Å². The van der Waals surface area contributed by atoms with Gasteiger partial charge in [0.2, 0.25) is 11.8 Å². The van der Waals surface area contributed by atoms with Gasteiger partial charge in [-0.05, 0) is 41.8 Å². The molecule has 5 nitrogen and oxygen atoms in total. The predicted octanol–water partition coefficient (Wildman–Crippen LogP) is 5.72. The molecule has 0 heterocycles. The van der Waals surface area contributed by atoms with Gasteiger partial charge < -0.3 is 5.32 Å². The maximum atomic E-state index is 12.2. The number of nitrogens with one attached hydrogen (secondary N) is 2. The molecule has 0 saturated heterocycles. The van der Waals surface area contributed by atoms with Gasteiger partial charge in [0.25, 0.3) is 0 Å². The lowest BCUT2D eigenvalue weighted by atomic mass is 10.0. The van der Waals surface area contributed by atoms with Crippen LogP contribution in [-0.2, 0) is 16.0 Å². The molecule has 0 aromatic heterocycles. The highest BCUT2D eigenvalue weighted by Gasteiger charge is 2.09. The smallest absolute Gasteiger partial charge is 0.244 e. The van der Waals surface area contributed by atoms with Gasteiger partial charge in [-0.2, -0.15) is 5.10 Å². The minimum atomic E-state index is -0.295. The molecule has 2 N–H and O–H groups in total. The number of nitrogens with zero attached hydrogens (tertiary/aromatic N) is 1. The molecule has 0 bridgehead atoms. The molecule has 0 spiro atoms. The fourth-order valence-electron chi connectivity index (χ4n) is 2.89. The summed E-state index contributed by atoms with van der Waals surface area (Å²) >= 11 is 11.9. The van der Waals surface area contributed by atoms with Gasteiger partial charge in [0.1, 0.15) is 0 Å². The molecule has 7 heteroatoms. The third-order valence-corrected chi connectivity index (χ3v) is 4.97. The van der Waals surface area contributed by atoms with Crippen molar-refractivity contribution >= 4 is 46.4 Å². The van der Waals surface area contributed by atoms with E-state index in [1.807, 2.05) is 54.6 Å². The van der Waals surface area contributed by atoms with Crippen LogP contribution in [0, 0.1) is 0 Å². The third-order valence-electron chi connectivity index (χ3n) is 4.42. The Kier molecular flexibility index (Phi) is 7.82. The maximum Gasteiger partial charge on any atom is 0.244 e. The number of amides is 2. The van der Waals surface area contributed by atoms with Crippen molar-refractivity contribution in [3.8, 4) is 11.1 Å². The van der Waals surface area contributed by atoms with Gasteiger partial charge in [0, 0.05) is 10.7 Å². The minimum absolute atomic E-state index is 0.0189. The van der Waals surface area contributed by atoms with Crippen LogP contribution in [-0.4, -0.2) is 17.5 Å². The molecule has 3 aromatic carbocycles. The summed E-state index contributed by atoms with van der Waals surface area (Å²) in [6.07, 6.45) is 0.212. The van der Waals surface area contributed by atoms with E-state index in [1.54, 1.807) is 25.1 Å². The Morgan fingerprint density at radius 1 is 0.871 bits per heavy atom. The van der Waals surface area contributed by atoms with Crippen molar-refractivity contribution in [3.63, 3.8) is 0 Å². The fourth-order valence-corrected chi connectivity index (χ4v) is 3.34. The van der Waals surface area contributed by atoms with E-state index in [2.05, 4.69) is 15.8 Å². The first-order valence-corrected chi connectivity index (χ1v) is 10.4. The Morgan fingerprint density at radius 2 is 1.55 bits per heavy atom.